The van der Waals surface area contributed by atoms with Gasteiger partial charge in [0.05, 0.1) is 25.9 Å². The number of rotatable bonds is 50. The van der Waals surface area contributed by atoms with Crippen LogP contribution in [-0.4, -0.2) is 97.6 Å². The lowest BCUT2D eigenvalue weighted by molar-refractivity contribution is -0.146. The molecule has 0 amide bonds. The van der Waals surface area contributed by atoms with Crippen LogP contribution in [0.4, 0.5) is 0 Å². The molecule has 370 valence electrons. The van der Waals surface area contributed by atoms with Gasteiger partial charge in [-0.05, 0) is 83.3 Å². The van der Waals surface area contributed by atoms with E-state index in [9.17, 15) is 19.8 Å². The summed E-state index contributed by atoms with van der Waals surface area (Å²) in [5.41, 5.74) is 0. The van der Waals surface area contributed by atoms with Crippen molar-refractivity contribution in [2.24, 2.45) is 11.8 Å². The lowest BCUT2D eigenvalue weighted by Gasteiger charge is -2.27. The highest BCUT2D eigenvalue weighted by Gasteiger charge is 2.16. The summed E-state index contributed by atoms with van der Waals surface area (Å²) in [4.78, 5) is 29.9. The number of ether oxygens (including phenoxy) is 2. The third kappa shape index (κ3) is 42.7. The number of carbonyl (C=O) groups excluding carboxylic acids is 2. The van der Waals surface area contributed by atoms with Crippen LogP contribution in [-0.2, 0) is 19.1 Å². The molecule has 0 saturated heterocycles. The van der Waals surface area contributed by atoms with Gasteiger partial charge < -0.3 is 29.5 Å². The summed E-state index contributed by atoms with van der Waals surface area (Å²) in [5, 5.41) is 20.2. The van der Waals surface area contributed by atoms with Crippen LogP contribution < -0.4 is 0 Å². The van der Waals surface area contributed by atoms with E-state index >= 15 is 0 Å². The highest BCUT2D eigenvalue weighted by Crippen LogP contribution is 2.22. The molecule has 8 nitrogen and oxygen atoms in total. The fourth-order valence-corrected chi connectivity index (χ4v) is 8.88. The molecule has 0 aromatic heterocycles. The smallest absolute Gasteiger partial charge is 0.305 e. The average molecular weight is 881 g/mol. The van der Waals surface area contributed by atoms with Gasteiger partial charge in [-0.3, -0.25) is 9.59 Å². The zero-order valence-electron chi connectivity index (χ0n) is 42.3. The van der Waals surface area contributed by atoms with Crippen LogP contribution in [0.1, 0.15) is 259 Å². The SMILES string of the molecule is CCCCCCCCC(CCCCCCCC)COC(=O)CCCCCN(CCCCCC(=O)OCC(CCCCCCCC)CCCCCCCC)C[C@H](O)CN(C)CCO. The average Bonchev–Trinajstić information content (AvgIpc) is 3.25. The largest absolute Gasteiger partial charge is 0.465 e. The third-order valence-corrected chi connectivity index (χ3v) is 13.0. The summed E-state index contributed by atoms with van der Waals surface area (Å²) in [6, 6.07) is 0. The Morgan fingerprint density at radius 1 is 0.435 bits per heavy atom. The van der Waals surface area contributed by atoms with E-state index in [0.29, 0.717) is 57.5 Å². The topological polar surface area (TPSA) is 99.5 Å². The van der Waals surface area contributed by atoms with Gasteiger partial charge in [0.15, 0.2) is 0 Å². The molecule has 0 bridgehead atoms. The van der Waals surface area contributed by atoms with E-state index in [1.807, 2.05) is 11.9 Å². The number of hydrogen-bond acceptors (Lipinski definition) is 8. The molecule has 0 fully saturated rings. The van der Waals surface area contributed by atoms with Gasteiger partial charge in [-0.15, -0.1) is 0 Å². The quantitative estimate of drug-likeness (QED) is 0.0460. The monoisotopic (exact) mass is 881 g/mol. The molecular weight excluding hydrogens is 773 g/mol. The molecule has 0 aromatic rings. The van der Waals surface area contributed by atoms with Gasteiger partial charge in [0.1, 0.15) is 0 Å². The predicted octanol–water partition coefficient (Wildman–Crippen LogP) is 14.0. The van der Waals surface area contributed by atoms with Crippen LogP contribution in [0.5, 0.6) is 0 Å². The standard InChI is InChI=1S/C54H108N2O6/c1-6-10-14-18-22-28-36-50(37-29-23-19-15-11-7-2)48-61-53(59)40-32-26-34-42-56(47-52(58)46-55(5)44-45-57)43-35-27-33-41-54(60)62-49-51(38-30-24-20-16-12-8-3)39-31-25-21-17-13-9-4/h50-52,57-58H,6-49H2,1-5H3/t52-/m1/s1. The van der Waals surface area contributed by atoms with Crippen LogP contribution >= 0.6 is 0 Å². The first-order valence-electron chi connectivity index (χ1n) is 27.3. The zero-order valence-corrected chi connectivity index (χ0v) is 42.3. The van der Waals surface area contributed by atoms with Crippen molar-refractivity contribution < 1.29 is 29.3 Å². The van der Waals surface area contributed by atoms with Crippen LogP contribution in [0.2, 0.25) is 0 Å². The number of hydrogen-bond donors (Lipinski definition) is 2. The van der Waals surface area contributed by atoms with Crippen LogP contribution in [0.15, 0.2) is 0 Å². The molecule has 0 spiro atoms. The van der Waals surface area contributed by atoms with E-state index in [1.165, 1.54) is 180 Å². The summed E-state index contributed by atoms with van der Waals surface area (Å²) < 4.78 is 11.8. The van der Waals surface area contributed by atoms with Crippen LogP contribution in [0.25, 0.3) is 0 Å². The molecule has 1 atom stereocenters. The minimum Gasteiger partial charge on any atom is -0.465 e. The van der Waals surface area contributed by atoms with Gasteiger partial charge in [0, 0.05) is 32.5 Å². The molecule has 0 aliphatic heterocycles. The van der Waals surface area contributed by atoms with Crippen molar-refractivity contribution in [3.63, 3.8) is 0 Å². The molecule has 0 radical (unpaired) electrons. The van der Waals surface area contributed by atoms with Gasteiger partial charge in [-0.2, -0.15) is 0 Å². The van der Waals surface area contributed by atoms with Crippen molar-refractivity contribution in [1.29, 1.82) is 0 Å². The second-order valence-corrected chi connectivity index (χ2v) is 19.4. The summed E-state index contributed by atoms with van der Waals surface area (Å²) in [6.45, 7) is 13.7. The summed E-state index contributed by atoms with van der Waals surface area (Å²) in [7, 11) is 1.93. The molecule has 2 N–H and O–H groups in total. The summed E-state index contributed by atoms with van der Waals surface area (Å²) >= 11 is 0. The van der Waals surface area contributed by atoms with Gasteiger partial charge in [0.25, 0.3) is 0 Å². The fourth-order valence-electron chi connectivity index (χ4n) is 8.88. The van der Waals surface area contributed by atoms with Gasteiger partial charge in [-0.1, -0.05) is 195 Å². The van der Waals surface area contributed by atoms with E-state index < -0.39 is 6.10 Å². The molecule has 0 heterocycles. The predicted molar refractivity (Wildman–Crippen MR) is 265 cm³/mol. The maximum atomic E-state index is 12.8. The van der Waals surface area contributed by atoms with Crippen molar-refractivity contribution >= 4 is 11.9 Å². The Morgan fingerprint density at radius 2 is 0.758 bits per heavy atom. The minimum atomic E-state index is -0.502. The molecule has 0 rings (SSSR count). The molecule has 0 unspecified atom stereocenters. The maximum Gasteiger partial charge on any atom is 0.305 e. The van der Waals surface area contributed by atoms with E-state index in [2.05, 4.69) is 32.6 Å². The fraction of sp³-hybridized carbons (Fsp3) is 0.963. The maximum absolute atomic E-state index is 12.8. The Balaban J connectivity index is 4.77. The van der Waals surface area contributed by atoms with Crippen LogP contribution in [0.3, 0.4) is 0 Å². The number of unbranched alkanes of at least 4 members (excludes halogenated alkanes) is 24. The first kappa shape index (κ1) is 60.8. The number of aliphatic hydroxyl groups is 2. The lowest BCUT2D eigenvalue weighted by atomic mass is 9.94. The molecule has 62 heavy (non-hydrogen) atoms. The minimum absolute atomic E-state index is 0.0512. The molecule has 0 aromatic carbocycles. The molecule has 8 heteroatoms. The zero-order chi connectivity index (χ0) is 45.6. The molecular formula is C54H108N2O6. The van der Waals surface area contributed by atoms with Gasteiger partial charge in [-0.25, -0.2) is 0 Å². The second-order valence-electron chi connectivity index (χ2n) is 19.4. The number of nitrogens with zero attached hydrogens (tertiary/aromatic N) is 2. The van der Waals surface area contributed by atoms with Gasteiger partial charge >= 0.3 is 11.9 Å². The lowest BCUT2D eigenvalue weighted by Crippen LogP contribution is -2.40. The first-order chi connectivity index (χ1) is 30.3. The molecule has 0 saturated carbocycles. The number of likely N-dealkylation sites (N-methyl/N-ethyl adjacent to an activating group) is 1. The van der Waals surface area contributed by atoms with Crippen molar-refractivity contribution in [3.05, 3.63) is 0 Å². The first-order valence-corrected chi connectivity index (χ1v) is 27.3. The van der Waals surface area contributed by atoms with E-state index in [0.717, 1.165) is 51.6 Å². The Bertz CT molecular complexity index is 843. The number of aliphatic hydroxyl groups excluding tert-OH is 2. The van der Waals surface area contributed by atoms with E-state index in [-0.39, 0.29) is 18.5 Å². The highest BCUT2D eigenvalue weighted by molar-refractivity contribution is 5.69. The molecule has 0 aliphatic rings. The second kappa shape index (κ2) is 47.7. The Morgan fingerprint density at radius 3 is 1.10 bits per heavy atom. The van der Waals surface area contributed by atoms with E-state index in [4.69, 9.17) is 9.47 Å². The van der Waals surface area contributed by atoms with Crippen molar-refractivity contribution in [2.45, 2.75) is 265 Å². The van der Waals surface area contributed by atoms with E-state index in [1.54, 1.807) is 0 Å². The van der Waals surface area contributed by atoms with Crippen molar-refractivity contribution in [2.75, 3.05) is 59.6 Å². The third-order valence-electron chi connectivity index (χ3n) is 13.0. The Kier molecular flexibility index (Phi) is 46.8. The van der Waals surface area contributed by atoms with Gasteiger partial charge in [0.2, 0.25) is 0 Å². The summed E-state index contributed by atoms with van der Waals surface area (Å²) in [5.74, 6) is 0.879. The highest BCUT2D eigenvalue weighted by atomic mass is 16.5. The number of carbonyl (C=O) groups is 2. The van der Waals surface area contributed by atoms with Crippen molar-refractivity contribution in [1.82, 2.24) is 9.80 Å². The van der Waals surface area contributed by atoms with Crippen LogP contribution in [0, 0.1) is 11.8 Å². The Labute approximate surface area is 386 Å². The Hall–Kier alpha value is -1.22. The summed E-state index contributed by atoms with van der Waals surface area (Å²) in [6.07, 6.45) is 41.9. The number of esters is 2. The van der Waals surface area contributed by atoms with Crippen molar-refractivity contribution in [3.8, 4) is 0 Å². The normalized spacial score (nSPS) is 12.4. The molecule has 0 aliphatic carbocycles.